The monoisotopic (exact) mass is 293 g/mol. The fourth-order valence-corrected chi connectivity index (χ4v) is 1.62. The van der Waals surface area contributed by atoms with Crippen LogP contribution >= 0.6 is 0 Å². The van der Waals surface area contributed by atoms with E-state index in [1.165, 1.54) is 0 Å². The van der Waals surface area contributed by atoms with Gasteiger partial charge in [-0.2, -0.15) is 0 Å². The molecule has 9 heteroatoms. The fourth-order valence-electron chi connectivity index (χ4n) is 1.17. The Morgan fingerprint density at radius 1 is 1.37 bits per heavy atom. The van der Waals surface area contributed by atoms with Gasteiger partial charge in [0.25, 0.3) is 0 Å². The van der Waals surface area contributed by atoms with Crippen molar-refractivity contribution in [3.63, 3.8) is 0 Å². The molecule has 0 aliphatic carbocycles. The van der Waals surface area contributed by atoms with Crippen molar-refractivity contribution in [2.45, 2.75) is 31.1 Å². The normalized spacial score (nSPS) is 15.1. The molecule has 110 valence electrons. The quantitative estimate of drug-likeness (QED) is 0.444. The first kappa shape index (κ1) is 17.4. The average molecular weight is 293 g/mol. The predicted octanol–water partition coefficient (Wildman–Crippen LogP) is -1.23. The van der Waals surface area contributed by atoms with Crippen LogP contribution in [0.15, 0.2) is 0 Å². The molecule has 2 unspecified atom stereocenters. The highest BCUT2D eigenvalue weighted by atomic mass is 32.2. The maximum atomic E-state index is 11.4. The van der Waals surface area contributed by atoms with E-state index >= 15 is 0 Å². The van der Waals surface area contributed by atoms with Crippen LogP contribution in [0, 0.1) is 0 Å². The molecule has 3 atom stereocenters. The van der Waals surface area contributed by atoms with Crippen molar-refractivity contribution in [3.8, 4) is 0 Å². The molecule has 5 N–H and O–H groups in total. The van der Waals surface area contributed by atoms with Crippen LogP contribution in [0.3, 0.4) is 0 Å². The van der Waals surface area contributed by atoms with Gasteiger partial charge in [0.05, 0.1) is 6.42 Å². The second-order valence-corrected chi connectivity index (χ2v) is 5.86. The first-order chi connectivity index (χ1) is 8.73. The summed E-state index contributed by atoms with van der Waals surface area (Å²) in [7, 11) is -0.978. The number of amides is 3. The van der Waals surface area contributed by atoms with Crippen LogP contribution in [0.5, 0.6) is 0 Å². The van der Waals surface area contributed by atoms with Gasteiger partial charge in [0.1, 0.15) is 6.04 Å². The Morgan fingerprint density at radius 3 is 2.37 bits per heavy atom. The van der Waals surface area contributed by atoms with Gasteiger partial charge >= 0.3 is 12.0 Å². The van der Waals surface area contributed by atoms with Gasteiger partial charge in [0.15, 0.2) is 0 Å². The lowest BCUT2D eigenvalue weighted by Gasteiger charge is -2.14. The van der Waals surface area contributed by atoms with E-state index in [4.69, 9.17) is 10.8 Å². The molecule has 0 aromatic rings. The molecule has 0 aromatic heterocycles. The molecule has 0 saturated carbocycles. The van der Waals surface area contributed by atoms with Crippen molar-refractivity contribution in [1.82, 2.24) is 10.6 Å². The molecular formula is C10H19N3O5S. The predicted molar refractivity (Wildman–Crippen MR) is 69.9 cm³/mol. The number of carbonyl (C=O) groups is 3. The number of primary amides is 1. The molecule has 0 saturated heterocycles. The first-order valence-corrected chi connectivity index (χ1v) is 7.23. The first-order valence-electron chi connectivity index (χ1n) is 5.61. The third-order valence-electron chi connectivity index (χ3n) is 2.41. The van der Waals surface area contributed by atoms with Gasteiger partial charge in [-0.15, -0.1) is 0 Å². The molecule has 0 heterocycles. The minimum Gasteiger partial charge on any atom is -0.480 e. The van der Waals surface area contributed by atoms with Crippen LogP contribution in [0.2, 0.25) is 0 Å². The van der Waals surface area contributed by atoms with Crippen LogP contribution in [0.25, 0.3) is 0 Å². The molecule has 0 rings (SSSR count). The Bertz CT molecular complexity index is 374. The summed E-state index contributed by atoms with van der Waals surface area (Å²) in [5.41, 5.74) is 4.87. The van der Waals surface area contributed by atoms with Crippen molar-refractivity contribution >= 4 is 28.7 Å². The summed E-state index contributed by atoms with van der Waals surface area (Å²) in [6.07, 6.45) is 1.60. The Hall–Kier alpha value is -1.64. The molecule has 3 amide bonds. The van der Waals surface area contributed by atoms with Crippen molar-refractivity contribution in [2.24, 2.45) is 5.73 Å². The van der Waals surface area contributed by atoms with Crippen LogP contribution in [-0.2, 0) is 20.4 Å². The van der Waals surface area contributed by atoms with Crippen molar-refractivity contribution in [3.05, 3.63) is 0 Å². The summed E-state index contributed by atoms with van der Waals surface area (Å²) >= 11 is 0. The van der Waals surface area contributed by atoms with E-state index < -0.39 is 41.2 Å². The number of hydrogen-bond acceptors (Lipinski definition) is 4. The minimum atomic E-state index is -1.35. The van der Waals surface area contributed by atoms with Gasteiger partial charge in [-0.1, -0.05) is 6.92 Å². The molecule has 0 bridgehead atoms. The van der Waals surface area contributed by atoms with Crippen molar-refractivity contribution in [1.29, 1.82) is 0 Å². The van der Waals surface area contributed by atoms with Crippen LogP contribution < -0.4 is 16.4 Å². The molecule has 0 fully saturated rings. The fraction of sp³-hybridized carbons (Fsp3) is 0.700. The summed E-state index contributed by atoms with van der Waals surface area (Å²) in [5, 5.41) is 13.3. The maximum absolute atomic E-state index is 11.4. The number of nitrogens with two attached hydrogens (primary N) is 1. The lowest BCUT2D eigenvalue weighted by molar-refractivity contribution is -0.140. The topological polar surface area (TPSA) is 139 Å². The lowest BCUT2D eigenvalue weighted by Crippen LogP contribution is -2.48. The van der Waals surface area contributed by atoms with Gasteiger partial charge in [-0.25, -0.2) is 9.59 Å². The number of carbonyl (C=O) groups excluding carboxylic acids is 2. The molecule has 0 radical (unpaired) electrons. The minimum absolute atomic E-state index is 0.0683. The van der Waals surface area contributed by atoms with Gasteiger partial charge in [0, 0.05) is 28.9 Å². The molecule has 0 aliphatic heterocycles. The highest BCUT2D eigenvalue weighted by Gasteiger charge is 2.21. The van der Waals surface area contributed by atoms with Gasteiger partial charge in [-0.3, -0.25) is 9.00 Å². The number of hydrogen-bond donors (Lipinski definition) is 4. The summed E-state index contributed by atoms with van der Waals surface area (Å²) < 4.78 is 11.1. The van der Waals surface area contributed by atoms with E-state index in [1.807, 2.05) is 0 Å². The average Bonchev–Trinajstić information content (AvgIpc) is 2.26. The summed E-state index contributed by atoms with van der Waals surface area (Å²) in [4.78, 5) is 32.8. The molecule has 0 aliphatic rings. The van der Waals surface area contributed by atoms with E-state index in [2.05, 4.69) is 10.6 Å². The van der Waals surface area contributed by atoms with Gasteiger partial charge in [0.2, 0.25) is 5.91 Å². The van der Waals surface area contributed by atoms with E-state index in [-0.39, 0.29) is 11.8 Å². The zero-order chi connectivity index (χ0) is 15.0. The number of urea groups is 1. The molecule has 0 spiro atoms. The molecule has 8 nitrogen and oxygen atoms in total. The molecule has 0 aromatic carbocycles. The van der Waals surface area contributed by atoms with E-state index in [0.29, 0.717) is 6.42 Å². The zero-order valence-corrected chi connectivity index (χ0v) is 11.7. The Morgan fingerprint density at radius 2 is 1.95 bits per heavy atom. The number of nitrogens with one attached hydrogen (secondary N) is 2. The second-order valence-electron chi connectivity index (χ2n) is 4.06. The highest BCUT2D eigenvalue weighted by molar-refractivity contribution is 7.84. The summed E-state index contributed by atoms with van der Waals surface area (Å²) in [6, 6.07) is -2.06. The SMILES string of the molecule is CC(CCNC(=O)N[C@H](CC(N)=O)C(=O)O)S(C)=O. The molecule has 19 heavy (non-hydrogen) atoms. The second kappa shape index (κ2) is 8.46. The summed E-state index contributed by atoms with van der Waals surface area (Å²) in [6.45, 7) is 2.04. The van der Waals surface area contributed by atoms with E-state index in [1.54, 1.807) is 13.2 Å². The van der Waals surface area contributed by atoms with Crippen LogP contribution in [0.4, 0.5) is 4.79 Å². The van der Waals surface area contributed by atoms with Crippen LogP contribution in [-0.4, -0.2) is 51.3 Å². The smallest absolute Gasteiger partial charge is 0.326 e. The maximum Gasteiger partial charge on any atom is 0.326 e. The number of carboxylic acid groups (broad SMARTS) is 1. The van der Waals surface area contributed by atoms with E-state index in [0.717, 1.165) is 0 Å². The standard InChI is InChI=1S/C10H19N3O5S/c1-6(19(2)18)3-4-12-10(17)13-7(9(15)16)5-8(11)14/h6-7H,3-5H2,1-2H3,(H2,11,14)(H,15,16)(H2,12,13,17)/t6?,7-,19?/m1/s1. The third kappa shape index (κ3) is 8.14. The lowest BCUT2D eigenvalue weighted by atomic mass is 10.2. The van der Waals surface area contributed by atoms with Crippen molar-refractivity contribution < 1.29 is 23.7 Å². The van der Waals surface area contributed by atoms with Gasteiger partial charge < -0.3 is 21.5 Å². The molecular weight excluding hydrogens is 274 g/mol. The Balaban J connectivity index is 4.10. The van der Waals surface area contributed by atoms with Crippen LogP contribution in [0.1, 0.15) is 19.8 Å². The summed E-state index contributed by atoms with van der Waals surface area (Å²) in [5.74, 6) is -2.15. The number of aliphatic carboxylic acids is 1. The zero-order valence-electron chi connectivity index (χ0n) is 10.8. The Labute approximate surface area is 113 Å². The largest absolute Gasteiger partial charge is 0.480 e. The van der Waals surface area contributed by atoms with Crippen molar-refractivity contribution in [2.75, 3.05) is 12.8 Å². The number of rotatable bonds is 8. The highest BCUT2D eigenvalue weighted by Crippen LogP contribution is 1.97. The number of carboxylic acids is 1. The van der Waals surface area contributed by atoms with Gasteiger partial charge in [-0.05, 0) is 6.42 Å². The third-order valence-corrected chi connectivity index (χ3v) is 3.78. The Kier molecular flexibility index (Phi) is 7.73. The van der Waals surface area contributed by atoms with E-state index in [9.17, 15) is 18.6 Å².